The van der Waals surface area contributed by atoms with Gasteiger partial charge in [-0.1, -0.05) is 13.0 Å². The molecule has 0 radical (unpaired) electrons. The molecule has 0 bridgehead atoms. The molecule has 1 rings (SSSR count). The highest BCUT2D eigenvalue weighted by Crippen LogP contribution is 2.17. The second-order valence-corrected chi connectivity index (χ2v) is 6.35. The topological polar surface area (TPSA) is 89.7 Å². The molecule has 21 heavy (non-hydrogen) atoms. The highest BCUT2D eigenvalue weighted by Gasteiger charge is 2.18. The number of hydrogen-bond acceptors (Lipinski definition) is 4. The minimum atomic E-state index is -3.82. The Morgan fingerprint density at radius 3 is 2.57 bits per heavy atom. The molecule has 2 N–H and O–H groups in total. The molecule has 1 amide bonds. The van der Waals surface area contributed by atoms with Gasteiger partial charge in [0.15, 0.2) is 0 Å². The molecule has 0 saturated carbocycles. The van der Waals surface area contributed by atoms with Crippen LogP contribution in [0.25, 0.3) is 0 Å². The Kier molecular flexibility index (Phi) is 6.32. The number of nitrogens with zero attached hydrogens (tertiary/aromatic N) is 1. The van der Waals surface area contributed by atoms with Crippen molar-refractivity contribution in [2.75, 3.05) is 27.3 Å². The summed E-state index contributed by atoms with van der Waals surface area (Å²) in [4.78, 5) is 14.0. The van der Waals surface area contributed by atoms with E-state index in [1.54, 1.807) is 25.1 Å². The third-order valence-corrected chi connectivity index (χ3v) is 4.12. The van der Waals surface area contributed by atoms with Crippen LogP contribution in [0.4, 0.5) is 0 Å². The van der Waals surface area contributed by atoms with Crippen LogP contribution >= 0.6 is 0 Å². The van der Waals surface area contributed by atoms with Crippen molar-refractivity contribution in [2.45, 2.75) is 24.7 Å². The maximum absolute atomic E-state index is 12.4. The Balaban J connectivity index is 3.06. The Hall–Kier alpha value is -1.44. The second-order valence-electron chi connectivity index (χ2n) is 4.79. The van der Waals surface area contributed by atoms with Crippen LogP contribution in [0.5, 0.6) is 0 Å². The van der Waals surface area contributed by atoms with Gasteiger partial charge in [0.05, 0.1) is 4.90 Å². The van der Waals surface area contributed by atoms with Gasteiger partial charge in [-0.2, -0.15) is 0 Å². The Morgan fingerprint density at radius 1 is 1.38 bits per heavy atom. The quantitative estimate of drug-likeness (QED) is 0.760. The lowest BCUT2D eigenvalue weighted by molar-refractivity contribution is 0.0778. The fourth-order valence-electron chi connectivity index (χ4n) is 1.99. The van der Waals surface area contributed by atoms with Gasteiger partial charge < -0.3 is 9.64 Å². The SMILES string of the molecule is CCc1ccc(S(N)(=O)=O)cc1C(=O)N(C)CCCOC. The van der Waals surface area contributed by atoms with Crippen LogP contribution in [-0.4, -0.2) is 46.5 Å². The summed E-state index contributed by atoms with van der Waals surface area (Å²) in [6.45, 7) is 3.01. The van der Waals surface area contributed by atoms with Crippen molar-refractivity contribution in [1.29, 1.82) is 0 Å². The van der Waals surface area contributed by atoms with Gasteiger partial charge in [-0.3, -0.25) is 4.79 Å². The third-order valence-electron chi connectivity index (χ3n) is 3.21. The zero-order chi connectivity index (χ0) is 16.0. The van der Waals surface area contributed by atoms with Gasteiger partial charge in [-0.05, 0) is 30.5 Å². The molecule has 0 aliphatic carbocycles. The van der Waals surface area contributed by atoms with Gasteiger partial charge in [0, 0.05) is 32.9 Å². The highest BCUT2D eigenvalue weighted by molar-refractivity contribution is 7.89. The summed E-state index contributed by atoms with van der Waals surface area (Å²) in [5.41, 5.74) is 1.18. The van der Waals surface area contributed by atoms with Crippen LogP contribution in [0.2, 0.25) is 0 Å². The third kappa shape index (κ3) is 4.80. The van der Waals surface area contributed by atoms with E-state index in [2.05, 4.69) is 0 Å². The van der Waals surface area contributed by atoms with E-state index in [4.69, 9.17) is 9.88 Å². The summed E-state index contributed by atoms with van der Waals surface area (Å²) >= 11 is 0. The fourth-order valence-corrected chi connectivity index (χ4v) is 2.53. The normalized spacial score (nSPS) is 11.4. The molecule has 0 atom stereocenters. The molecule has 1 aromatic carbocycles. The lowest BCUT2D eigenvalue weighted by atomic mass is 10.0. The van der Waals surface area contributed by atoms with Crippen molar-refractivity contribution in [2.24, 2.45) is 5.14 Å². The number of ether oxygens (including phenoxy) is 1. The number of sulfonamides is 1. The van der Waals surface area contributed by atoms with E-state index in [0.29, 0.717) is 25.1 Å². The van der Waals surface area contributed by atoms with E-state index in [0.717, 1.165) is 12.0 Å². The zero-order valence-electron chi connectivity index (χ0n) is 12.6. The molecule has 118 valence electrons. The Bertz CT molecular complexity index is 599. The number of hydrogen-bond donors (Lipinski definition) is 1. The molecule has 0 aliphatic heterocycles. The molecule has 0 spiro atoms. The van der Waals surface area contributed by atoms with Gasteiger partial charge >= 0.3 is 0 Å². The average molecular weight is 314 g/mol. The van der Waals surface area contributed by atoms with Crippen molar-refractivity contribution in [3.63, 3.8) is 0 Å². The first-order chi connectivity index (χ1) is 9.81. The summed E-state index contributed by atoms with van der Waals surface area (Å²) in [7, 11) is -0.536. The summed E-state index contributed by atoms with van der Waals surface area (Å²) < 4.78 is 27.8. The molecular formula is C14H22N2O4S. The molecule has 0 fully saturated rings. The van der Waals surface area contributed by atoms with Crippen molar-refractivity contribution in [3.05, 3.63) is 29.3 Å². The van der Waals surface area contributed by atoms with Crippen LogP contribution in [0.15, 0.2) is 23.1 Å². The first-order valence-corrected chi connectivity index (χ1v) is 8.26. The molecule has 0 unspecified atom stereocenters. The molecule has 0 aliphatic rings. The predicted octanol–water partition coefficient (Wildman–Crippen LogP) is 1.00. The molecule has 1 aromatic rings. The maximum atomic E-state index is 12.4. The van der Waals surface area contributed by atoms with Crippen LogP contribution in [-0.2, 0) is 21.2 Å². The van der Waals surface area contributed by atoms with E-state index >= 15 is 0 Å². The number of methoxy groups -OCH3 is 1. The largest absolute Gasteiger partial charge is 0.385 e. The number of carbonyl (C=O) groups is 1. The van der Waals surface area contributed by atoms with Crippen LogP contribution in [0.3, 0.4) is 0 Å². The van der Waals surface area contributed by atoms with E-state index in [-0.39, 0.29) is 10.8 Å². The van der Waals surface area contributed by atoms with Gasteiger partial charge in [-0.25, -0.2) is 13.6 Å². The Labute approximate surface area is 125 Å². The minimum Gasteiger partial charge on any atom is -0.385 e. The lowest BCUT2D eigenvalue weighted by Crippen LogP contribution is -2.29. The maximum Gasteiger partial charge on any atom is 0.253 e. The lowest BCUT2D eigenvalue weighted by Gasteiger charge is -2.19. The smallest absolute Gasteiger partial charge is 0.253 e. The van der Waals surface area contributed by atoms with Crippen molar-refractivity contribution in [1.82, 2.24) is 4.90 Å². The minimum absolute atomic E-state index is 0.0478. The summed E-state index contributed by atoms with van der Waals surface area (Å²) in [6.07, 6.45) is 1.35. The van der Waals surface area contributed by atoms with Gasteiger partial charge in [0.1, 0.15) is 0 Å². The average Bonchev–Trinajstić information content (AvgIpc) is 2.44. The van der Waals surface area contributed by atoms with Crippen LogP contribution in [0.1, 0.15) is 29.3 Å². The molecule has 0 aromatic heterocycles. The van der Waals surface area contributed by atoms with E-state index in [1.807, 2.05) is 6.92 Å². The first-order valence-electron chi connectivity index (χ1n) is 6.71. The van der Waals surface area contributed by atoms with E-state index in [9.17, 15) is 13.2 Å². The monoisotopic (exact) mass is 314 g/mol. The summed E-state index contributed by atoms with van der Waals surface area (Å²) in [5, 5.41) is 5.12. The predicted molar refractivity (Wildman–Crippen MR) is 80.6 cm³/mol. The van der Waals surface area contributed by atoms with Gasteiger partial charge in [0.25, 0.3) is 5.91 Å². The molecular weight excluding hydrogens is 292 g/mol. The molecule has 0 saturated heterocycles. The van der Waals surface area contributed by atoms with Crippen molar-refractivity contribution in [3.8, 4) is 0 Å². The number of benzene rings is 1. The number of amides is 1. The Morgan fingerprint density at radius 2 is 2.05 bits per heavy atom. The number of primary sulfonamides is 1. The molecule has 0 heterocycles. The van der Waals surface area contributed by atoms with E-state index in [1.165, 1.54) is 12.1 Å². The van der Waals surface area contributed by atoms with Gasteiger partial charge in [0.2, 0.25) is 10.0 Å². The van der Waals surface area contributed by atoms with Crippen LogP contribution < -0.4 is 5.14 Å². The first kappa shape index (κ1) is 17.6. The van der Waals surface area contributed by atoms with Crippen molar-refractivity contribution < 1.29 is 17.9 Å². The van der Waals surface area contributed by atoms with E-state index < -0.39 is 10.0 Å². The second kappa shape index (κ2) is 7.53. The standard InChI is InChI=1S/C14H22N2O4S/c1-4-11-6-7-12(21(15,18)19)10-13(11)14(17)16(2)8-5-9-20-3/h6-7,10H,4-5,8-9H2,1-3H3,(H2,15,18,19). The molecule has 7 heteroatoms. The molecule has 6 nitrogen and oxygen atoms in total. The van der Waals surface area contributed by atoms with Crippen LogP contribution in [0, 0.1) is 0 Å². The summed E-state index contributed by atoms with van der Waals surface area (Å²) in [6, 6.07) is 4.41. The number of aryl methyl sites for hydroxylation is 1. The van der Waals surface area contributed by atoms with Crippen molar-refractivity contribution >= 4 is 15.9 Å². The zero-order valence-corrected chi connectivity index (χ0v) is 13.4. The fraction of sp³-hybridized carbons (Fsp3) is 0.500. The number of carbonyl (C=O) groups excluding carboxylic acids is 1. The van der Waals surface area contributed by atoms with Gasteiger partial charge in [-0.15, -0.1) is 0 Å². The number of nitrogens with two attached hydrogens (primary N) is 1. The number of rotatable bonds is 7. The highest BCUT2D eigenvalue weighted by atomic mass is 32.2. The summed E-state index contributed by atoms with van der Waals surface area (Å²) in [5.74, 6) is -0.214.